The number of alkyl halides is 1. The Hall–Kier alpha value is 0.320. The first-order valence-corrected chi connectivity index (χ1v) is 7.96. The van der Waals surface area contributed by atoms with Crippen molar-refractivity contribution in [1.29, 1.82) is 0 Å². The van der Waals surface area contributed by atoms with Crippen LogP contribution in [0.15, 0.2) is 0 Å². The van der Waals surface area contributed by atoms with Crippen LogP contribution in [0.25, 0.3) is 0 Å². The van der Waals surface area contributed by atoms with Gasteiger partial charge in [0.1, 0.15) is 12.6 Å². The molecule has 2 N–H and O–H groups in total. The fourth-order valence-electron chi connectivity index (χ4n) is 3.42. The summed E-state index contributed by atoms with van der Waals surface area (Å²) in [5.74, 6) is -2.35. The van der Waals surface area contributed by atoms with Crippen LogP contribution in [0.4, 0.5) is 0 Å². The predicted octanol–water partition coefficient (Wildman–Crippen LogP) is -2.88. The fourth-order valence-corrected chi connectivity index (χ4v) is 4.56. The lowest BCUT2D eigenvalue weighted by Crippen LogP contribution is -3.00. The third-order valence-corrected chi connectivity index (χ3v) is 5.81. The maximum Gasteiger partial charge on any atom is 0.327 e. The van der Waals surface area contributed by atoms with Crippen molar-refractivity contribution in [3.05, 3.63) is 0 Å². The second-order valence-corrected chi connectivity index (χ2v) is 6.71. The van der Waals surface area contributed by atoms with Crippen LogP contribution < -0.4 is 24.0 Å². The number of rotatable bonds is 3. The molecule has 2 aliphatic rings. The molecule has 0 bridgehead atoms. The first kappa shape index (κ1) is 18.4. The van der Waals surface area contributed by atoms with Gasteiger partial charge in [0.15, 0.2) is 0 Å². The minimum Gasteiger partial charge on any atom is -1.00 e. The Morgan fingerprint density at radius 3 is 2.20 bits per heavy atom. The van der Waals surface area contributed by atoms with E-state index < -0.39 is 17.4 Å². The molecule has 2 heterocycles. The Labute approximate surface area is 149 Å². The van der Waals surface area contributed by atoms with Gasteiger partial charge in [0.25, 0.3) is 0 Å². The number of quaternary nitrogens is 1. The molecule has 0 radical (unpaired) electrons. The molecule has 1 unspecified atom stereocenters. The summed E-state index contributed by atoms with van der Waals surface area (Å²) in [6.45, 7) is 3.75. The smallest absolute Gasteiger partial charge is 0.327 e. The van der Waals surface area contributed by atoms with Crippen LogP contribution in [0, 0.1) is 5.41 Å². The van der Waals surface area contributed by atoms with Gasteiger partial charge in [-0.15, -0.1) is 0 Å². The minimum atomic E-state index is -1.59. The summed E-state index contributed by atoms with van der Waals surface area (Å²) in [5, 5.41) is 18.8. The highest BCUT2D eigenvalue weighted by atomic mass is 127. The standard InChI is InChI=1S/C12H19IN2O4.HI/c1-14-2-4-15(5-3-14)8-12(10(16)17,11(18)19)6-9(15)7-13;/h9H,2-8H2,1H3,(H-,16,17,18,19);1H. The van der Waals surface area contributed by atoms with Gasteiger partial charge in [-0.1, -0.05) is 22.6 Å². The number of carboxylic acid groups (broad SMARTS) is 2. The van der Waals surface area contributed by atoms with Crippen LogP contribution in [0.5, 0.6) is 0 Å². The molecule has 6 nitrogen and oxygen atoms in total. The van der Waals surface area contributed by atoms with Gasteiger partial charge in [0.05, 0.1) is 17.5 Å². The molecule has 116 valence electrons. The van der Waals surface area contributed by atoms with Crippen LogP contribution in [-0.2, 0) is 9.59 Å². The second-order valence-electron chi connectivity index (χ2n) is 5.83. The molecule has 0 aliphatic carbocycles. The SMILES string of the molecule is CN1CC[N+]2(CC1)CC(C(=O)O)(C(=O)O)CC2CI.[I-]. The lowest BCUT2D eigenvalue weighted by molar-refractivity contribution is -0.941. The highest BCUT2D eigenvalue weighted by Gasteiger charge is 2.63. The first-order valence-electron chi connectivity index (χ1n) is 6.43. The number of nitrogens with zero attached hydrogens (tertiary/aromatic N) is 2. The van der Waals surface area contributed by atoms with E-state index in [0.717, 1.165) is 30.6 Å². The first-order chi connectivity index (χ1) is 8.86. The van der Waals surface area contributed by atoms with Gasteiger partial charge in [-0.05, 0) is 7.05 Å². The van der Waals surface area contributed by atoms with Crippen molar-refractivity contribution < 1.29 is 48.3 Å². The lowest BCUT2D eigenvalue weighted by Gasteiger charge is -2.45. The third-order valence-electron chi connectivity index (χ3n) is 4.79. The Kier molecular flexibility index (Phi) is 6.07. The van der Waals surface area contributed by atoms with Crippen molar-refractivity contribution in [2.45, 2.75) is 12.5 Å². The quantitative estimate of drug-likeness (QED) is 0.185. The van der Waals surface area contributed by atoms with E-state index in [1.165, 1.54) is 0 Å². The summed E-state index contributed by atoms with van der Waals surface area (Å²) in [5.41, 5.74) is -1.59. The van der Waals surface area contributed by atoms with E-state index in [9.17, 15) is 19.8 Å². The van der Waals surface area contributed by atoms with E-state index in [-0.39, 0.29) is 43.0 Å². The largest absolute Gasteiger partial charge is 1.00 e. The summed E-state index contributed by atoms with van der Waals surface area (Å²) in [7, 11) is 2.05. The average molecular weight is 510 g/mol. The van der Waals surface area contributed by atoms with E-state index >= 15 is 0 Å². The molecular formula is C12H20I2N2O4. The molecule has 2 rings (SSSR count). The van der Waals surface area contributed by atoms with Gasteiger partial charge in [0, 0.05) is 19.5 Å². The number of hydrogen-bond acceptors (Lipinski definition) is 3. The van der Waals surface area contributed by atoms with Gasteiger partial charge in [-0.2, -0.15) is 0 Å². The van der Waals surface area contributed by atoms with Crippen LogP contribution in [-0.4, -0.2) is 81.8 Å². The molecule has 0 aromatic carbocycles. The van der Waals surface area contributed by atoms with Gasteiger partial charge in [-0.25, -0.2) is 0 Å². The van der Waals surface area contributed by atoms with Crippen molar-refractivity contribution in [2.75, 3.05) is 44.2 Å². The number of carboxylic acids is 2. The molecular weight excluding hydrogens is 490 g/mol. The monoisotopic (exact) mass is 510 g/mol. The maximum absolute atomic E-state index is 11.5. The van der Waals surface area contributed by atoms with Gasteiger partial charge in [-0.3, -0.25) is 14.5 Å². The fraction of sp³-hybridized carbons (Fsp3) is 0.833. The zero-order valence-corrected chi connectivity index (χ0v) is 15.7. The van der Waals surface area contributed by atoms with Crippen molar-refractivity contribution in [1.82, 2.24) is 4.90 Å². The Bertz CT molecular complexity index is 383. The normalized spacial score (nSPS) is 28.0. The molecule has 0 aromatic heterocycles. The summed E-state index contributed by atoms with van der Waals surface area (Å²) in [4.78, 5) is 25.2. The average Bonchev–Trinajstić information content (AvgIpc) is 2.69. The number of hydrogen-bond donors (Lipinski definition) is 2. The molecule has 2 aliphatic heterocycles. The van der Waals surface area contributed by atoms with E-state index in [1.807, 2.05) is 7.05 Å². The maximum atomic E-state index is 11.5. The molecule has 2 fully saturated rings. The lowest BCUT2D eigenvalue weighted by atomic mass is 9.86. The van der Waals surface area contributed by atoms with Crippen LogP contribution >= 0.6 is 22.6 Å². The van der Waals surface area contributed by atoms with Gasteiger partial charge >= 0.3 is 11.9 Å². The van der Waals surface area contributed by atoms with Crippen LogP contribution in [0.3, 0.4) is 0 Å². The minimum absolute atomic E-state index is 0. The molecule has 0 saturated carbocycles. The van der Waals surface area contributed by atoms with Gasteiger partial charge < -0.3 is 38.7 Å². The predicted molar refractivity (Wildman–Crippen MR) is 77.4 cm³/mol. The number of halogens is 2. The number of likely N-dealkylation sites (N-methyl/N-ethyl adjacent to an activating group) is 1. The highest BCUT2D eigenvalue weighted by Crippen LogP contribution is 2.42. The molecule has 20 heavy (non-hydrogen) atoms. The van der Waals surface area contributed by atoms with Gasteiger partial charge in [0.2, 0.25) is 5.41 Å². The molecule has 0 amide bonds. The third kappa shape index (κ3) is 2.93. The zero-order chi connectivity index (χ0) is 14.3. The zero-order valence-electron chi connectivity index (χ0n) is 11.4. The molecule has 8 heteroatoms. The molecule has 1 spiro atoms. The number of carbonyl (C=O) groups is 2. The topological polar surface area (TPSA) is 77.8 Å². The van der Waals surface area contributed by atoms with E-state index in [0.29, 0.717) is 4.48 Å². The van der Waals surface area contributed by atoms with Crippen LogP contribution in [0.2, 0.25) is 0 Å². The van der Waals surface area contributed by atoms with Crippen molar-refractivity contribution in [3.63, 3.8) is 0 Å². The van der Waals surface area contributed by atoms with E-state index in [1.54, 1.807) is 0 Å². The van der Waals surface area contributed by atoms with E-state index in [2.05, 4.69) is 27.5 Å². The van der Waals surface area contributed by atoms with Crippen molar-refractivity contribution in [2.24, 2.45) is 5.41 Å². The summed E-state index contributed by atoms with van der Waals surface area (Å²) in [6, 6.07) is 0.140. The van der Waals surface area contributed by atoms with Crippen molar-refractivity contribution in [3.8, 4) is 0 Å². The Balaban J connectivity index is 0.00000200. The highest BCUT2D eigenvalue weighted by molar-refractivity contribution is 14.1. The van der Waals surface area contributed by atoms with Crippen LogP contribution in [0.1, 0.15) is 6.42 Å². The van der Waals surface area contributed by atoms with E-state index in [4.69, 9.17) is 0 Å². The molecule has 0 aromatic rings. The molecule has 1 atom stereocenters. The summed E-state index contributed by atoms with van der Waals surface area (Å²) >= 11 is 2.26. The Morgan fingerprint density at radius 2 is 1.80 bits per heavy atom. The van der Waals surface area contributed by atoms with Crippen molar-refractivity contribution >= 4 is 34.5 Å². The molecule has 2 saturated heterocycles. The second kappa shape index (κ2) is 6.61. The summed E-state index contributed by atoms with van der Waals surface area (Å²) < 4.78 is 1.47. The summed E-state index contributed by atoms with van der Waals surface area (Å²) in [6.07, 6.45) is 0.254. The Morgan fingerprint density at radius 1 is 1.30 bits per heavy atom. The number of aliphatic carboxylic acids is 2. The number of piperazine rings is 1.